The van der Waals surface area contributed by atoms with Crippen LogP contribution < -0.4 is 5.32 Å². The molecule has 0 aliphatic heterocycles. The average molecular weight is 343 g/mol. The number of carbonyl (C=O) groups excluding carboxylic acids is 1. The first-order valence-electron chi connectivity index (χ1n) is 8.21. The van der Waals surface area contributed by atoms with Gasteiger partial charge in [0.1, 0.15) is 0 Å². The molecular formula is C19H21NO3S. The Labute approximate surface area is 145 Å². The van der Waals surface area contributed by atoms with Crippen molar-refractivity contribution in [3.8, 4) is 0 Å². The third-order valence-electron chi connectivity index (χ3n) is 4.39. The van der Waals surface area contributed by atoms with Crippen LogP contribution >= 0.6 is 11.3 Å². The van der Waals surface area contributed by atoms with Gasteiger partial charge < -0.3 is 10.4 Å². The summed E-state index contributed by atoms with van der Waals surface area (Å²) in [7, 11) is 0. The molecular weight excluding hydrogens is 322 g/mol. The standard InChI is InChI=1S/C19H21NO3S/c1-12-4-2-5-13(8-12)9-15(19(22)23)11-20-18(21)17-10-14-6-3-7-16(14)24-17/h2,4-5,8,10,15H,3,6-7,9,11H2,1H3,(H,20,21)(H,22,23). The molecule has 3 rings (SSSR count). The number of benzene rings is 1. The van der Waals surface area contributed by atoms with E-state index in [1.165, 1.54) is 28.2 Å². The molecule has 24 heavy (non-hydrogen) atoms. The second-order valence-electron chi connectivity index (χ2n) is 6.35. The highest BCUT2D eigenvalue weighted by molar-refractivity contribution is 7.14. The summed E-state index contributed by atoms with van der Waals surface area (Å²) in [6.45, 7) is 2.13. The molecule has 1 atom stereocenters. The first-order valence-corrected chi connectivity index (χ1v) is 9.02. The van der Waals surface area contributed by atoms with Gasteiger partial charge in [-0.25, -0.2) is 0 Å². The van der Waals surface area contributed by atoms with Crippen molar-refractivity contribution in [2.45, 2.75) is 32.6 Å². The number of hydrogen-bond acceptors (Lipinski definition) is 3. The predicted octanol–water partition coefficient (Wildman–Crippen LogP) is 3.22. The summed E-state index contributed by atoms with van der Waals surface area (Å²) in [5.74, 6) is -1.67. The van der Waals surface area contributed by atoms with Crippen LogP contribution in [0.5, 0.6) is 0 Å². The van der Waals surface area contributed by atoms with Gasteiger partial charge in [0.05, 0.1) is 10.8 Å². The molecule has 1 amide bonds. The highest BCUT2D eigenvalue weighted by Gasteiger charge is 2.22. The van der Waals surface area contributed by atoms with Crippen LogP contribution in [0.2, 0.25) is 0 Å². The molecule has 1 aliphatic rings. The zero-order chi connectivity index (χ0) is 17.1. The summed E-state index contributed by atoms with van der Waals surface area (Å²) in [4.78, 5) is 25.8. The van der Waals surface area contributed by atoms with E-state index in [0.717, 1.165) is 24.0 Å². The summed E-state index contributed by atoms with van der Waals surface area (Å²) in [6, 6.07) is 9.78. The summed E-state index contributed by atoms with van der Waals surface area (Å²) in [5.41, 5.74) is 3.36. The van der Waals surface area contributed by atoms with Crippen LogP contribution in [0, 0.1) is 12.8 Å². The van der Waals surface area contributed by atoms with Crippen molar-refractivity contribution in [1.82, 2.24) is 5.32 Å². The van der Waals surface area contributed by atoms with E-state index in [1.807, 2.05) is 37.3 Å². The number of amides is 1. The zero-order valence-electron chi connectivity index (χ0n) is 13.7. The molecule has 5 heteroatoms. The van der Waals surface area contributed by atoms with E-state index in [9.17, 15) is 14.7 Å². The molecule has 0 bridgehead atoms. The largest absolute Gasteiger partial charge is 0.481 e. The molecule has 1 unspecified atom stereocenters. The molecule has 0 radical (unpaired) electrons. The van der Waals surface area contributed by atoms with Gasteiger partial charge in [-0.2, -0.15) is 0 Å². The van der Waals surface area contributed by atoms with Gasteiger partial charge in [-0.15, -0.1) is 11.3 Å². The minimum Gasteiger partial charge on any atom is -0.481 e. The van der Waals surface area contributed by atoms with E-state index in [4.69, 9.17) is 0 Å². The van der Waals surface area contributed by atoms with Crippen LogP contribution in [0.3, 0.4) is 0 Å². The Kier molecular flexibility index (Phi) is 5.00. The fourth-order valence-corrected chi connectivity index (χ4v) is 4.28. The Morgan fingerprint density at radius 2 is 2.12 bits per heavy atom. The van der Waals surface area contributed by atoms with Crippen molar-refractivity contribution in [3.05, 3.63) is 56.8 Å². The van der Waals surface area contributed by atoms with Crippen LogP contribution in [-0.4, -0.2) is 23.5 Å². The van der Waals surface area contributed by atoms with Gasteiger partial charge in [0.2, 0.25) is 0 Å². The van der Waals surface area contributed by atoms with Crippen LogP contribution in [0.25, 0.3) is 0 Å². The fraction of sp³-hybridized carbons (Fsp3) is 0.368. The Hall–Kier alpha value is -2.14. The first-order chi connectivity index (χ1) is 11.5. The average Bonchev–Trinajstić information content (AvgIpc) is 3.12. The lowest BCUT2D eigenvalue weighted by molar-refractivity contribution is -0.141. The maximum atomic E-state index is 12.3. The number of carboxylic acids is 1. The van der Waals surface area contributed by atoms with E-state index in [-0.39, 0.29) is 12.5 Å². The second-order valence-corrected chi connectivity index (χ2v) is 7.49. The van der Waals surface area contributed by atoms with Gasteiger partial charge in [-0.3, -0.25) is 9.59 Å². The van der Waals surface area contributed by atoms with E-state index >= 15 is 0 Å². The lowest BCUT2D eigenvalue weighted by Crippen LogP contribution is -2.33. The lowest BCUT2D eigenvalue weighted by Gasteiger charge is -2.13. The van der Waals surface area contributed by atoms with Gasteiger partial charge in [-0.05, 0) is 49.8 Å². The van der Waals surface area contributed by atoms with Crippen molar-refractivity contribution < 1.29 is 14.7 Å². The van der Waals surface area contributed by atoms with Gasteiger partial charge >= 0.3 is 5.97 Å². The number of thiophene rings is 1. The Balaban J connectivity index is 1.61. The smallest absolute Gasteiger partial charge is 0.308 e. The SMILES string of the molecule is Cc1cccc(CC(CNC(=O)c2cc3c(s2)CCC3)C(=O)O)c1. The Morgan fingerprint density at radius 3 is 2.83 bits per heavy atom. The van der Waals surface area contributed by atoms with Gasteiger partial charge in [0.15, 0.2) is 0 Å². The highest BCUT2D eigenvalue weighted by Crippen LogP contribution is 2.30. The number of nitrogens with one attached hydrogen (secondary N) is 1. The van der Waals surface area contributed by atoms with Gasteiger partial charge in [0.25, 0.3) is 5.91 Å². The highest BCUT2D eigenvalue weighted by atomic mass is 32.1. The quantitative estimate of drug-likeness (QED) is 0.846. The monoisotopic (exact) mass is 343 g/mol. The minimum absolute atomic E-state index is 0.144. The van der Waals surface area contributed by atoms with E-state index in [2.05, 4.69) is 5.32 Å². The summed E-state index contributed by atoms with van der Waals surface area (Å²) in [6.07, 6.45) is 3.68. The Bertz CT molecular complexity index is 744. The predicted molar refractivity (Wildman–Crippen MR) is 94.7 cm³/mol. The third-order valence-corrected chi connectivity index (χ3v) is 5.63. The molecule has 1 aromatic heterocycles. The zero-order valence-corrected chi connectivity index (χ0v) is 14.5. The number of hydrogen-bond donors (Lipinski definition) is 2. The third kappa shape index (κ3) is 3.85. The van der Waals surface area contributed by atoms with Gasteiger partial charge in [-0.1, -0.05) is 29.8 Å². The summed E-state index contributed by atoms with van der Waals surface area (Å²) < 4.78 is 0. The normalized spacial score (nSPS) is 14.2. The molecule has 4 nitrogen and oxygen atoms in total. The van der Waals surface area contributed by atoms with Crippen molar-refractivity contribution in [1.29, 1.82) is 0 Å². The molecule has 2 N–H and O–H groups in total. The van der Waals surface area contributed by atoms with Crippen LogP contribution in [0.15, 0.2) is 30.3 Å². The van der Waals surface area contributed by atoms with E-state index in [1.54, 1.807) is 0 Å². The van der Waals surface area contributed by atoms with Crippen LogP contribution in [0.1, 0.15) is 37.7 Å². The van der Waals surface area contributed by atoms with Crippen LogP contribution in [-0.2, 0) is 24.1 Å². The maximum absolute atomic E-state index is 12.3. The molecule has 126 valence electrons. The molecule has 0 saturated heterocycles. The molecule has 1 heterocycles. The summed E-state index contributed by atoms with van der Waals surface area (Å²) in [5, 5.41) is 12.2. The van der Waals surface area contributed by atoms with Crippen molar-refractivity contribution >= 4 is 23.2 Å². The molecule has 1 aromatic carbocycles. The molecule has 1 aliphatic carbocycles. The number of fused-ring (bicyclic) bond motifs is 1. The molecule has 0 spiro atoms. The van der Waals surface area contributed by atoms with E-state index in [0.29, 0.717) is 11.3 Å². The number of carboxylic acid groups (broad SMARTS) is 1. The van der Waals surface area contributed by atoms with Gasteiger partial charge in [0, 0.05) is 11.4 Å². The molecule has 0 saturated carbocycles. The lowest BCUT2D eigenvalue weighted by atomic mass is 9.98. The number of carbonyl (C=O) groups is 2. The number of rotatable bonds is 6. The second kappa shape index (κ2) is 7.18. The van der Waals surface area contributed by atoms with Crippen molar-refractivity contribution in [2.75, 3.05) is 6.54 Å². The van der Waals surface area contributed by atoms with Crippen LogP contribution in [0.4, 0.5) is 0 Å². The topological polar surface area (TPSA) is 66.4 Å². The van der Waals surface area contributed by atoms with E-state index < -0.39 is 11.9 Å². The molecule has 0 fully saturated rings. The number of aryl methyl sites for hydroxylation is 3. The number of aliphatic carboxylic acids is 1. The van der Waals surface area contributed by atoms with Crippen molar-refractivity contribution in [2.24, 2.45) is 5.92 Å². The fourth-order valence-electron chi connectivity index (χ4n) is 3.11. The maximum Gasteiger partial charge on any atom is 0.308 e. The summed E-state index contributed by atoms with van der Waals surface area (Å²) >= 11 is 1.54. The first kappa shape index (κ1) is 16.7. The Morgan fingerprint density at radius 1 is 1.29 bits per heavy atom. The minimum atomic E-state index is -0.884. The molecule has 2 aromatic rings. The van der Waals surface area contributed by atoms with Crippen molar-refractivity contribution in [3.63, 3.8) is 0 Å².